The highest BCUT2D eigenvalue weighted by Crippen LogP contribution is 2.20. The number of piperidine rings is 1. The average Bonchev–Trinajstić information content (AvgIpc) is 2.99. The van der Waals surface area contributed by atoms with E-state index < -0.39 is 0 Å². The molecule has 0 unspecified atom stereocenters. The molecule has 0 N–H and O–H groups in total. The number of nitrogens with zero attached hydrogens (tertiary/aromatic N) is 3. The van der Waals surface area contributed by atoms with Crippen LogP contribution in [-0.4, -0.2) is 40.5 Å². The van der Waals surface area contributed by atoms with Crippen molar-refractivity contribution in [2.45, 2.75) is 38.2 Å². The highest BCUT2D eigenvalue weighted by molar-refractivity contribution is 7.97. The predicted molar refractivity (Wildman–Crippen MR) is 91.6 cm³/mol. The van der Waals surface area contributed by atoms with E-state index in [2.05, 4.69) is 34.1 Å². The second-order valence-electron chi connectivity index (χ2n) is 5.94. The molecule has 0 aliphatic carbocycles. The van der Waals surface area contributed by atoms with Gasteiger partial charge in [0.1, 0.15) is 11.9 Å². The number of benzene rings is 1. The molecule has 6 heteroatoms. The summed E-state index contributed by atoms with van der Waals surface area (Å²) in [5, 5.41) is 3.99. The van der Waals surface area contributed by atoms with Crippen LogP contribution in [0.4, 0.5) is 0 Å². The van der Waals surface area contributed by atoms with E-state index in [1.165, 1.54) is 5.56 Å². The van der Waals surface area contributed by atoms with Crippen LogP contribution in [-0.2, 0) is 12.3 Å². The zero-order chi connectivity index (χ0) is 16.1. The van der Waals surface area contributed by atoms with E-state index in [-0.39, 0.29) is 0 Å². The van der Waals surface area contributed by atoms with Gasteiger partial charge in [-0.15, -0.1) is 0 Å². The Morgan fingerprint density at radius 3 is 2.70 bits per heavy atom. The van der Waals surface area contributed by atoms with Crippen molar-refractivity contribution in [1.29, 1.82) is 0 Å². The van der Waals surface area contributed by atoms with Crippen LogP contribution in [0.15, 0.2) is 28.8 Å². The Morgan fingerprint density at radius 1 is 1.26 bits per heavy atom. The van der Waals surface area contributed by atoms with Crippen molar-refractivity contribution in [3.8, 4) is 5.75 Å². The molecule has 1 aromatic heterocycles. The normalized spacial score (nSPS) is 16.6. The largest absolute Gasteiger partial charge is 0.490 e. The Hall–Kier alpha value is -1.53. The first-order chi connectivity index (χ1) is 11.2. The maximum atomic E-state index is 6.06. The van der Waals surface area contributed by atoms with Crippen molar-refractivity contribution in [2.75, 3.05) is 19.3 Å². The summed E-state index contributed by atoms with van der Waals surface area (Å²) in [6.45, 7) is 4.82. The molecule has 1 aliphatic heterocycles. The summed E-state index contributed by atoms with van der Waals surface area (Å²) >= 11 is 1.70. The second-order valence-corrected chi connectivity index (χ2v) is 6.81. The van der Waals surface area contributed by atoms with E-state index in [0.717, 1.165) is 49.8 Å². The highest BCUT2D eigenvalue weighted by Gasteiger charge is 2.22. The number of thioether (sulfide) groups is 1. The third-order valence-electron chi connectivity index (χ3n) is 4.00. The average molecular weight is 333 g/mol. The van der Waals surface area contributed by atoms with Gasteiger partial charge in [0.05, 0.1) is 12.3 Å². The number of hydrogen-bond acceptors (Lipinski definition) is 6. The molecule has 0 atom stereocenters. The summed E-state index contributed by atoms with van der Waals surface area (Å²) in [6.07, 6.45) is 4.39. The first-order valence-corrected chi connectivity index (χ1v) is 9.38. The summed E-state index contributed by atoms with van der Waals surface area (Å²) < 4.78 is 11.4. The molecule has 0 radical (unpaired) electrons. The topological polar surface area (TPSA) is 51.4 Å². The van der Waals surface area contributed by atoms with Crippen LogP contribution in [0.1, 0.15) is 30.1 Å². The van der Waals surface area contributed by atoms with Gasteiger partial charge in [-0.05, 0) is 38.2 Å². The van der Waals surface area contributed by atoms with E-state index >= 15 is 0 Å². The molecular formula is C17H23N3O2S. The van der Waals surface area contributed by atoms with Gasteiger partial charge in [0.15, 0.2) is 5.82 Å². The van der Waals surface area contributed by atoms with Gasteiger partial charge in [-0.2, -0.15) is 16.7 Å². The Kier molecular flexibility index (Phi) is 5.56. The zero-order valence-electron chi connectivity index (χ0n) is 13.7. The molecule has 124 valence electrons. The molecule has 1 aromatic carbocycles. The molecule has 0 bridgehead atoms. The summed E-state index contributed by atoms with van der Waals surface area (Å²) in [5.74, 6) is 3.26. The molecule has 1 aliphatic rings. The van der Waals surface area contributed by atoms with Crippen molar-refractivity contribution in [3.05, 3.63) is 41.5 Å². The lowest BCUT2D eigenvalue weighted by atomic mass is 10.1. The molecule has 0 spiro atoms. The minimum atomic E-state index is 0.295. The van der Waals surface area contributed by atoms with Crippen LogP contribution < -0.4 is 4.74 Å². The Morgan fingerprint density at radius 2 is 2.00 bits per heavy atom. The van der Waals surface area contributed by atoms with Crippen LogP contribution in [0.3, 0.4) is 0 Å². The summed E-state index contributed by atoms with van der Waals surface area (Å²) in [7, 11) is 0. The third kappa shape index (κ3) is 4.72. The van der Waals surface area contributed by atoms with E-state index in [1.54, 1.807) is 11.8 Å². The monoisotopic (exact) mass is 333 g/mol. The smallest absolute Gasteiger partial charge is 0.240 e. The fourth-order valence-corrected chi connectivity index (χ4v) is 3.10. The number of aromatic nitrogens is 2. The number of aryl methyl sites for hydroxylation is 1. The summed E-state index contributed by atoms with van der Waals surface area (Å²) in [6, 6.07) is 8.28. The van der Waals surface area contributed by atoms with Gasteiger partial charge in [0.25, 0.3) is 0 Å². The molecular weight excluding hydrogens is 310 g/mol. The van der Waals surface area contributed by atoms with Crippen LogP contribution in [0.2, 0.25) is 0 Å². The zero-order valence-corrected chi connectivity index (χ0v) is 14.5. The van der Waals surface area contributed by atoms with Crippen LogP contribution in [0, 0.1) is 6.92 Å². The lowest BCUT2D eigenvalue weighted by molar-refractivity contribution is 0.0904. The molecule has 23 heavy (non-hydrogen) atoms. The summed E-state index contributed by atoms with van der Waals surface area (Å²) in [5.41, 5.74) is 1.26. The van der Waals surface area contributed by atoms with Gasteiger partial charge in [0.2, 0.25) is 5.89 Å². The first-order valence-electron chi connectivity index (χ1n) is 7.99. The highest BCUT2D eigenvalue weighted by atomic mass is 32.2. The molecule has 0 saturated carbocycles. The van der Waals surface area contributed by atoms with Gasteiger partial charge < -0.3 is 9.26 Å². The lowest BCUT2D eigenvalue weighted by Crippen LogP contribution is -2.37. The Bertz CT molecular complexity index is 607. The van der Waals surface area contributed by atoms with Crippen molar-refractivity contribution in [3.63, 3.8) is 0 Å². The van der Waals surface area contributed by atoms with Gasteiger partial charge in [-0.25, -0.2) is 0 Å². The van der Waals surface area contributed by atoms with Crippen molar-refractivity contribution < 1.29 is 9.26 Å². The molecule has 1 fully saturated rings. The fraction of sp³-hybridized carbons (Fsp3) is 0.529. The number of ether oxygens (including phenoxy) is 1. The fourth-order valence-electron chi connectivity index (χ4n) is 2.73. The lowest BCUT2D eigenvalue weighted by Gasteiger charge is -2.31. The minimum Gasteiger partial charge on any atom is -0.490 e. The quantitative estimate of drug-likeness (QED) is 0.808. The van der Waals surface area contributed by atoms with Crippen molar-refractivity contribution >= 4 is 11.8 Å². The van der Waals surface area contributed by atoms with Gasteiger partial charge in [-0.3, -0.25) is 4.90 Å². The van der Waals surface area contributed by atoms with E-state index in [4.69, 9.17) is 9.26 Å². The van der Waals surface area contributed by atoms with Gasteiger partial charge in [0, 0.05) is 13.1 Å². The number of likely N-dealkylation sites (tertiary alicyclic amines) is 1. The minimum absolute atomic E-state index is 0.295. The van der Waals surface area contributed by atoms with Gasteiger partial charge in [-0.1, -0.05) is 22.9 Å². The molecule has 2 aromatic rings. The van der Waals surface area contributed by atoms with Crippen molar-refractivity contribution in [2.24, 2.45) is 0 Å². The molecule has 1 saturated heterocycles. The van der Waals surface area contributed by atoms with E-state index in [0.29, 0.717) is 12.0 Å². The van der Waals surface area contributed by atoms with Crippen LogP contribution >= 0.6 is 11.8 Å². The maximum Gasteiger partial charge on any atom is 0.240 e. The van der Waals surface area contributed by atoms with E-state index in [9.17, 15) is 0 Å². The number of rotatable bonds is 6. The Labute approximate surface area is 141 Å². The summed E-state index contributed by atoms with van der Waals surface area (Å²) in [4.78, 5) is 6.77. The predicted octanol–water partition coefficient (Wildman–Crippen LogP) is 3.28. The standard InChI is InChI=1S/C17H23N3O2S/c1-13-3-5-14(6-4-13)21-15-7-9-20(10-8-15)11-17-18-16(12-23-2)19-22-17/h3-6,15H,7-12H2,1-2H3. The molecule has 2 heterocycles. The third-order valence-corrected chi connectivity index (χ3v) is 4.55. The maximum absolute atomic E-state index is 6.06. The van der Waals surface area contributed by atoms with Crippen molar-refractivity contribution in [1.82, 2.24) is 15.0 Å². The van der Waals surface area contributed by atoms with E-state index in [1.807, 2.05) is 18.4 Å². The number of hydrogen-bond donors (Lipinski definition) is 0. The first kappa shape index (κ1) is 16.3. The molecule has 3 rings (SSSR count). The molecule has 5 nitrogen and oxygen atoms in total. The van der Waals surface area contributed by atoms with Crippen LogP contribution in [0.25, 0.3) is 0 Å². The SMILES string of the molecule is CSCc1noc(CN2CCC(Oc3ccc(C)cc3)CC2)n1. The second kappa shape index (κ2) is 7.84. The van der Waals surface area contributed by atoms with Gasteiger partial charge >= 0.3 is 0 Å². The molecule has 0 amide bonds. The Balaban J connectivity index is 1.45. The van der Waals surface area contributed by atoms with Crippen LogP contribution in [0.5, 0.6) is 5.75 Å².